The van der Waals surface area contributed by atoms with E-state index < -0.39 is 5.41 Å². The summed E-state index contributed by atoms with van der Waals surface area (Å²) in [5, 5.41) is 13.1. The summed E-state index contributed by atoms with van der Waals surface area (Å²) in [6.45, 7) is 4.71. The van der Waals surface area contributed by atoms with E-state index in [-0.39, 0.29) is 5.91 Å². The second-order valence-electron chi connectivity index (χ2n) is 7.75. The first-order valence-electron chi connectivity index (χ1n) is 9.69. The van der Waals surface area contributed by atoms with Crippen molar-refractivity contribution in [1.29, 1.82) is 5.26 Å². The van der Waals surface area contributed by atoms with Gasteiger partial charge in [0.25, 0.3) is 0 Å². The minimum atomic E-state index is -0.655. The van der Waals surface area contributed by atoms with Gasteiger partial charge in [0.05, 0.1) is 23.3 Å². The second kappa shape index (κ2) is 8.67. The van der Waals surface area contributed by atoms with Gasteiger partial charge in [-0.3, -0.25) is 4.79 Å². The molecule has 0 aromatic heterocycles. The fourth-order valence-corrected chi connectivity index (χ4v) is 4.08. The normalized spacial score (nSPS) is 15.2. The molecule has 0 heterocycles. The maximum Gasteiger partial charge on any atom is 0.235 e. The molecule has 0 bridgehead atoms. The summed E-state index contributed by atoms with van der Waals surface area (Å²) in [5.41, 5.74) is 1.10. The lowest BCUT2D eigenvalue weighted by atomic mass is 9.78. The van der Waals surface area contributed by atoms with E-state index in [2.05, 4.69) is 25.2 Å². The highest BCUT2D eigenvalue weighted by atomic mass is 35.5. The van der Waals surface area contributed by atoms with Crippen molar-refractivity contribution in [2.75, 3.05) is 11.9 Å². The molecule has 4 nitrogen and oxygen atoms in total. The molecule has 5 heteroatoms. The van der Waals surface area contributed by atoms with Crippen LogP contribution in [0.1, 0.15) is 50.7 Å². The molecule has 2 aromatic carbocycles. The van der Waals surface area contributed by atoms with Crippen LogP contribution in [0, 0.1) is 17.2 Å². The summed E-state index contributed by atoms with van der Waals surface area (Å²) in [5.74, 6) is 0.915. The molecule has 1 aliphatic carbocycles. The van der Waals surface area contributed by atoms with E-state index in [4.69, 9.17) is 16.3 Å². The van der Waals surface area contributed by atoms with Crippen molar-refractivity contribution in [3.05, 3.63) is 58.6 Å². The molecule has 0 saturated heterocycles. The van der Waals surface area contributed by atoms with E-state index in [0.29, 0.717) is 34.5 Å². The molecule has 1 fully saturated rings. The van der Waals surface area contributed by atoms with Gasteiger partial charge >= 0.3 is 0 Å². The van der Waals surface area contributed by atoms with Gasteiger partial charge in [0.15, 0.2) is 0 Å². The van der Waals surface area contributed by atoms with Crippen molar-refractivity contribution in [1.82, 2.24) is 0 Å². The van der Waals surface area contributed by atoms with Gasteiger partial charge in [0.1, 0.15) is 11.8 Å². The number of carbonyl (C=O) groups is 1. The van der Waals surface area contributed by atoms with E-state index in [1.54, 1.807) is 18.2 Å². The van der Waals surface area contributed by atoms with E-state index in [1.807, 2.05) is 24.3 Å². The zero-order valence-corrected chi connectivity index (χ0v) is 17.1. The van der Waals surface area contributed by atoms with Gasteiger partial charge in [0, 0.05) is 5.02 Å². The van der Waals surface area contributed by atoms with E-state index >= 15 is 0 Å². The number of hydrogen-bond acceptors (Lipinski definition) is 3. The number of carbonyl (C=O) groups excluding carboxylic acids is 1. The third-order valence-corrected chi connectivity index (χ3v) is 5.55. The number of halogens is 1. The largest absolute Gasteiger partial charge is 0.493 e. The number of anilines is 1. The molecule has 0 spiro atoms. The molecular weight excluding hydrogens is 372 g/mol. The fourth-order valence-electron chi connectivity index (χ4n) is 3.77. The number of nitrogens with one attached hydrogen (secondary N) is 1. The van der Waals surface area contributed by atoms with Gasteiger partial charge in [-0.2, -0.15) is 5.26 Å². The Labute approximate surface area is 171 Å². The van der Waals surface area contributed by atoms with Crippen molar-refractivity contribution >= 4 is 23.2 Å². The van der Waals surface area contributed by atoms with Crippen LogP contribution < -0.4 is 10.1 Å². The van der Waals surface area contributed by atoms with Gasteiger partial charge in [0.2, 0.25) is 5.91 Å². The fraction of sp³-hybridized carbons (Fsp3) is 0.391. The van der Waals surface area contributed by atoms with Crippen LogP contribution in [-0.2, 0) is 10.2 Å². The van der Waals surface area contributed by atoms with Crippen molar-refractivity contribution in [3.8, 4) is 11.8 Å². The molecule has 1 amide bonds. The van der Waals surface area contributed by atoms with Crippen LogP contribution in [0.5, 0.6) is 5.75 Å². The molecule has 0 unspecified atom stereocenters. The maximum atomic E-state index is 13.3. The van der Waals surface area contributed by atoms with Crippen LogP contribution in [0.3, 0.4) is 0 Å². The average molecular weight is 397 g/mol. The summed E-state index contributed by atoms with van der Waals surface area (Å²) in [7, 11) is 0. The summed E-state index contributed by atoms with van der Waals surface area (Å²) in [6.07, 6.45) is 3.46. The lowest BCUT2D eigenvalue weighted by Crippen LogP contribution is -2.38. The summed E-state index contributed by atoms with van der Waals surface area (Å²) < 4.78 is 5.69. The van der Waals surface area contributed by atoms with Crippen LogP contribution >= 0.6 is 11.6 Å². The molecule has 1 saturated carbocycles. The SMILES string of the molecule is CC(C)COc1ccc(NC(=O)C2(c3ccccc3Cl)CCCC2)c(C#N)c1. The highest BCUT2D eigenvalue weighted by Gasteiger charge is 2.44. The Morgan fingerprint density at radius 3 is 2.61 bits per heavy atom. The second-order valence-corrected chi connectivity index (χ2v) is 8.15. The van der Waals surface area contributed by atoms with Crippen LogP contribution in [0.2, 0.25) is 5.02 Å². The minimum absolute atomic E-state index is 0.106. The molecular formula is C23H25ClN2O2. The standard InChI is InChI=1S/C23H25ClN2O2/c1-16(2)15-28-18-9-10-21(17(13-18)14-25)26-22(27)23(11-5-6-12-23)19-7-3-4-8-20(19)24/h3-4,7-10,13,16H,5-6,11-12,15H2,1-2H3,(H,26,27). The highest BCUT2D eigenvalue weighted by Crippen LogP contribution is 2.44. The van der Waals surface area contributed by atoms with Crippen molar-refractivity contribution < 1.29 is 9.53 Å². The number of nitrogens with zero attached hydrogens (tertiary/aromatic N) is 1. The van der Waals surface area contributed by atoms with Crippen molar-refractivity contribution in [2.45, 2.75) is 44.9 Å². The summed E-state index contributed by atoms with van der Waals surface area (Å²) in [4.78, 5) is 13.3. The first-order chi connectivity index (χ1) is 13.5. The Balaban J connectivity index is 1.87. The quantitative estimate of drug-likeness (QED) is 0.681. The summed E-state index contributed by atoms with van der Waals surface area (Å²) >= 11 is 6.43. The molecule has 3 rings (SSSR count). The third-order valence-electron chi connectivity index (χ3n) is 5.22. The first-order valence-corrected chi connectivity index (χ1v) is 10.1. The topological polar surface area (TPSA) is 62.1 Å². The third kappa shape index (κ3) is 4.15. The Morgan fingerprint density at radius 2 is 1.96 bits per heavy atom. The van der Waals surface area contributed by atoms with Gasteiger partial charge in [-0.25, -0.2) is 0 Å². The predicted molar refractivity (Wildman–Crippen MR) is 112 cm³/mol. The molecule has 28 heavy (non-hydrogen) atoms. The molecule has 0 aliphatic heterocycles. The molecule has 1 N–H and O–H groups in total. The summed E-state index contributed by atoms with van der Waals surface area (Å²) in [6, 6.07) is 14.9. The van der Waals surface area contributed by atoms with Crippen LogP contribution in [0.25, 0.3) is 0 Å². The van der Waals surface area contributed by atoms with E-state index in [0.717, 1.165) is 31.2 Å². The van der Waals surface area contributed by atoms with Crippen LogP contribution in [0.15, 0.2) is 42.5 Å². The molecule has 2 aromatic rings. The first kappa shape index (κ1) is 20.2. The van der Waals surface area contributed by atoms with E-state index in [9.17, 15) is 10.1 Å². The Hall–Kier alpha value is -2.51. The predicted octanol–water partition coefficient (Wildman–Crippen LogP) is 5.70. The zero-order valence-electron chi connectivity index (χ0n) is 16.3. The number of ether oxygens (including phenoxy) is 1. The van der Waals surface area contributed by atoms with E-state index in [1.165, 1.54) is 0 Å². The smallest absolute Gasteiger partial charge is 0.235 e. The van der Waals surface area contributed by atoms with Crippen LogP contribution in [0.4, 0.5) is 5.69 Å². The molecule has 0 radical (unpaired) electrons. The average Bonchev–Trinajstić information content (AvgIpc) is 3.18. The van der Waals surface area contributed by atoms with Crippen molar-refractivity contribution in [2.24, 2.45) is 5.92 Å². The van der Waals surface area contributed by atoms with Gasteiger partial charge in [-0.15, -0.1) is 0 Å². The monoisotopic (exact) mass is 396 g/mol. The number of benzene rings is 2. The van der Waals surface area contributed by atoms with Gasteiger partial charge in [-0.05, 0) is 48.6 Å². The minimum Gasteiger partial charge on any atom is -0.493 e. The highest BCUT2D eigenvalue weighted by molar-refractivity contribution is 6.32. The van der Waals surface area contributed by atoms with Crippen LogP contribution in [-0.4, -0.2) is 12.5 Å². The molecule has 0 atom stereocenters. The van der Waals surface area contributed by atoms with Crippen molar-refractivity contribution in [3.63, 3.8) is 0 Å². The lowest BCUT2D eigenvalue weighted by molar-refractivity contribution is -0.121. The number of hydrogen-bond donors (Lipinski definition) is 1. The number of nitriles is 1. The molecule has 146 valence electrons. The zero-order chi connectivity index (χ0) is 20.1. The van der Waals surface area contributed by atoms with Gasteiger partial charge < -0.3 is 10.1 Å². The molecule has 1 aliphatic rings. The number of rotatable bonds is 6. The van der Waals surface area contributed by atoms with Gasteiger partial charge in [-0.1, -0.05) is 56.5 Å². The lowest BCUT2D eigenvalue weighted by Gasteiger charge is -2.29. The Kier molecular flexibility index (Phi) is 6.26. The maximum absolute atomic E-state index is 13.3. The Bertz CT molecular complexity index is 896. The Morgan fingerprint density at radius 1 is 1.25 bits per heavy atom. The number of amides is 1.